The first-order valence-electron chi connectivity index (χ1n) is 25.6. The number of fused-ring (bicyclic) bond motifs is 4. The second-order valence-electron chi connectivity index (χ2n) is 19.5. The fraction of sp³-hybridized carbons (Fsp3) is 0.643. The van der Waals surface area contributed by atoms with Crippen molar-refractivity contribution in [1.82, 2.24) is 0 Å². The molecule has 61 heavy (non-hydrogen) atoms. The zero-order chi connectivity index (χ0) is 43.5. The number of rotatable bonds is 29. The molecular weight excluding hydrogens is 920 g/mol. The largest absolute Gasteiger partial charge is 0.143 e. The van der Waals surface area contributed by atoms with Crippen molar-refractivity contribution in [3.8, 4) is 0 Å². The Hall–Kier alpha value is -0.921. The van der Waals surface area contributed by atoms with Crippen LogP contribution in [-0.4, -0.2) is 18.4 Å². The molecule has 5 heteroatoms. The van der Waals surface area contributed by atoms with Crippen LogP contribution in [0.5, 0.6) is 0 Å². The van der Waals surface area contributed by atoms with Crippen molar-refractivity contribution in [2.45, 2.75) is 229 Å². The van der Waals surface area contributed by atoms with Gasteiger partial charge in [-0.2, -0.15) is 0 Å². The van der Waals surface area contributed by atoms with Gasteiger partial charge >= 0.3 is 218 Å². The van der Waals surface area contributed by atoms with Gasteiger partial charge in [0.05, 0.1) is 0 Å². The first kappa shape index (κ1) is 51.1. The molecule has 0 fully saturated rings. The van der Waals surface area contributed by atoms with E-state index in [0.717, 1.165) is 0 Å². The van der Waals surface area contributed by atoms with Crippen LogP contribution >= 0.6 is 45.3 Å². The van der Waals surface area contributed by atoms with E-state index < -0.39 is 18.4 Å². The SMILES string of the molecule is CCCCCCCCc1c2c[c]([Sn]([CH3])([CH3])[CH3])sc2c(CCCCCCCC)c2cc(C)sc12.CCCCCCCCc1c2ccsc2c(CCCCCCCC)c2ccsc12. The summed E-state index contributed by atoms with van der Waals surface area (Å²) in [6.45, 7) is 11.5. The van der Waals surface area contributed by atoms with E-state index in [0.29, 0.717) is 0 Å². The molecule has 6 rings (SSSR count). The van der Waals surface area contributed by atoms with E-state index in [9.17, 15) is 0 Å². The molecule has 4 aromatic heterocycles. The Bertz CT molecular complexity index is 1940. The van der Waals surface area contributed by atoms with Crippen LogP contribution in [0.2, 0.25) is 14.8 Å². The Morgan fingerprint density at radius 3 is 1.08 bits per heavy atom. The van der Waals surface area contributed by atoms with Crippen LogP contribution in [0.3, 0.4) is 0 Å². The van der Waals surface area contributed by atoms with Gasteiger partial charge in [-0.05, 0) is 70.5 Å². The summed E-state index contributed by atoms with van der Waals surface area (Å²) in [5, 5.41) is 11.0. The number of aryl methyl sites for hydroxylation is 5. The fourth-order valence-corrected chi connectivity index (χ4v) is 19.2. The van der Waals surface area contributed by atoms with Gasteiger partial charge in [-0.1, -0.05) is 78.1 Å². The molecule has 2 aromatic carbocycles. The minimum Gasteiger partial charge on any atom is -0.143 e. The Morgan fingerprint density at radius 2 is 0.705 bits per heavy atom. The van der Waals surface area contributed by atoms with Gasteiger partial charge in [0.1, 0.15) is 0 Å². The quantitative estimate of drug-likeness (QED) is 0.0324. The minimum atomic E-state index is -2.10. The molecule has 0 atom stereocenters. The molecule has 0 aliphatic heterocycles. The summed E-state index contributed by atoms with van der Waals surface area (Å²) in [6, 6.07) is 9.99. The summed E-state index contributed by atoms with van der Waals surface area (Å²) < 4.78 is 8.22. The topological polar surface area (TPSA) is 0 Å². The molecule has 0 unspecified atom stereocenters. The van der Waals surface area contributed by atoms with Crippen molar-refractivity contribution >= 4 is 107 Å². The second kappa shape index (κ2) is 27.5. The Balaban J connectivity index is 0.000000234. The smallest absolute Gasteiger partial charge is 0.0384 e. The van der Waals surface area contributed by atoms with Crippen LogP contribution < -0.4 is 2.89 Å². The average molecular weight is 1010 g/mol. The molecule has 0 aliphatic rings. The maximum atomic E-state index is 2.67. The molecular formula is C56H86S4Sn. The molecule has 338 valence electrons. The maximum absolute atomic E-state index is 2.67. The predicted molar refractivity (Wildman–Crippen MR) is 290 cm³/mol. The average Bonchev–Trinajstić information content (AvgIpc) is 4.08. The number of thiophene rings is 4. The van der Waals surface area contributed by atoms with Crippen LogP contribution in [-0.2, 0) is 25.7 Å². The minimum absolute atomic E-state index is 1.26. The van der Waals surface area contributed by atoms with Gasteiger partial charge in [-0.25, -0.2) is 0 Å². The normalized spacial score (nSPS) is 12.1. The number of hydrogen-bond donors (Lipinski definition) is 0. The van der Waals surface area contributed by atoms with Crippen molar-refractivity contribution < 1.29 is 0 Å². The zero-order valence-electron chi connectivity index (χ0n) is 40.4. The van der Waals surface area contributed by atoms with Crippen molar-refractivity contribution in [2.75, 3.05) is 0 Å². The number of unbranched alkanes of at least 4 members (excludes halogenated alkanes) is 20. The summed E-state index contributed by atoms with van der Waals surface area (Å²) in [5.41, 5.74) is 6.67. The van der Waals surface area contributed by atoms with E-state index in [2.05, 4.69) is 107 Å². The van der Waals surface area contributed by atoms with Gasteiger partial charge in [-0.15, -0.1) is 22.7 Å². The van der Waals surface area contributed by atoms with Crippen LogP contribution in [0.25, 0.3) is 40.3 Å². The maximum Gasteiger partial charge on any atom is 0.0384 e. The zero-order valence-corrected chi connectivity index (χ0v) is 46.5. The molecule has 0 N–H and O–H groups in total. The number of benzene rings is 2. The third kappa shape index (κ3) is 15.1. The van der Waals surface area contributed by atoms with Crippen LogP contribution in [0, 0.1) is 6.92 Å². The summed E-state index contributed by atoms with van der Waals surface area (Å²) in [7, 11) is 0. The predicted octanol–water partition coefficient (Wildman–Crippen LogP) is 20.7. The third-order valence-corrected chi connectivity index (χ3v) is 26.9. The molecule has 0 bridgehead atoms. The van der Waals surface area contributed by atoms with Gasteiger partial charge in [-0.3, -0.25) is 0 Å². The second-order valence-corrected chi connectivity index (χ2v) is 39.1. The molecule has 0 amide bonds. The number of hydrogen-bond acceptors (Lipinski definition) is 4. The molecule has 6 aromatic rings. The Labute approximate surface area is 395 Å². The molecule has 0 aliphatic carbocycles. The van der Waals surface area contributed by atoms with Crippen molar-refractivity contribution in [3.63, 3.8) is 0 Å². The van der Waals surface area contributed by atoms with Crippen LogP contribution in [0.4, 0.5) is 0 Å². The van der Waals surface area contributed by atoms with Crippen molar-refractivity contribution in [3.05, 3.63) is 62.2 Å². The first-order chi connectivity index (χ1) is 29.7. The standard InChI is InChI=1S/C27H39S2.C26H38S2.3CH3.Sn/c1-4-6-8-10-12-14-16-22-24-18-19-28-26(24)23(17-15-13-11-9-7-5-2)25-20-21(3)29-27(22)25;1-3-5-7-9-11-13-15-21-23-17-19-28-26(23)22(24-18-20-27-25(21)24)16-14-12-10-8-6-4-2;;;;/h18,20H,4-17H2,1-3H3;17-20H,3-16H2,1-2H3;3*1H3;. The van der Waals surface area contributed by atoms with Crippen LogP contribution in [0.15, 0.2) is 35.0 Å². The van der Waals surface area contributed by atoms with E-state index in [4.69, 9.17) is 0 Å². The summed E-state index contributed by atoms with van der Waals surface area (Å²) in [4.78, 5) is 9.26. The Kier molecular flexibility index (Phi) is 23.0. The summed E-state index contributed by atoms with van der Waals surface area (Å²) >= 11 is 6.10. The molecule has 0 saturated carbocycles. The molecule has 4 heterocycles. The van der Waals surface area contributed by atoms with E-state index in [1.807, 2.05) is 22.7 Å². The molecule has 0 spiro atoms. The van der Waals surface area contributed by atoms with Gasteiger partial charge in [0.25, 0.3) is 0 Å². The van der Waals surface area contributed by atoms with Gasteiger partial charge < -0.3 is 0 Å². The third-order valence-electron chi connectivity index (χ3n) is 13.2. The van der Waals surface area contributed by atoms with E-state index in [1.165, 1.54) is 185 Å². The van der Waals surface area contributed by atoms with E-state index >= 15 is 0 Å². The molecule has 0 saturated heterocycles. The monoisotopic (exact) mass is 1010 g/mol. The van der Waals surface area contributed by atoms with Gasteiger partial charge in [0.2, 0.25) is 0 Å². The Morgan fingerprint density at radius 1 is 0.377 bits per heavy atom. The summed E-state index contributed by atoms with van der Waals surface area (Å²) in [6.07, 6.45) is 38.3. The van der Waals surface area contributed by atoms with Gasteiger partial charge in [0, 0.05) is 9.40 Å². The summed E-state index contributed by atoms with van der Waals surface area (Å²) in [5.74, 6) is 0. The first-order valence-corrected chi connectivity index (χ1v) is 39.0. The van der Waals surface area contributed by atoms with E-state index in [1.54, 1.807) is 65.5 Å². The van der Waals surface area contributed by atoms with E-state index in [-0.39, 0.29) is 0 Å². The molecule has 0 nitrogen and oxygen atoms in total. The molecule has 0 radical (unpaired) electrons. The van der Waals surface area contributed by atoms with Gasteiger partial charge in [0.15, 0.2) is 0 Å². The van der Waals surface area contributed by atoms with Crippen molar-refractivity contribution in [2.24, 2.45) is 0 Å². The van der Waals surface area contributed by atoms with Crippen LogP contribution in [0.1, 0.15) is 209 Å². The fourth-order valence-electron chi connectivity index (χ4n) is 9.54. The van der Waals surface area contributed by atoms with Crippen molar-refractivity contribution in [1.29, 1.82) is 0 Å².